The van der Waals surface area contributed by atoms with Crippen molar-refractivity contribution >= 4 is 20.2 Å². The van der Waals surface area contributed by atoms with Crippen LogP contribution in [0.2, 0.25) is 0 Å². The van der Waals surface area contributed by atoms with Gasteiger partial charge in [0.1, 0.15) is 0 Å². The van der Waals surface area contributed by atoms with Gasteiger partial charge in [-0.15, -0.1) is 0 Å². The van der Waals surface area contributed by atoms with Gasteiger partial charge in [0.25, 0.3) is 20.2 Å². The first-order valence-corrected chi connectivity index (χ1v) is 5.96. The van der Waals surface area contributed by atoms with Crippen LogP contribution in [0.15, 0.2) is 0 Å². The van der Waals surface area contributed by atoms with Gasteiger partial charge < -0.3 is 0 Å². The Bertz CT molecular complexity index is 297. The minimum absolute atomic E-state index is 0.345. The van der Waals surface area contributed by atoms with Crippen LogP contribution in [0.1, 0.15) is 6.92 Å². The molecule has 0 aliphatic heterocycles. The number of hydrogen-bond donors (Lipinski definition) is 0. The van der Waals surface area contributed by atoms with Crippen LogP contribution in [-0.2, 0) is 28.9 Å². The third kappa shape index (κ3) is 6.23. The van der Waals surface area contributed by atoms with Crippen molar-refractivity contribution in [2.24, 2.45) is 0 Å². The van der Waals surface area contributed by atoms with Gasteiger partial charge in [-0.3, -0.25) is 0 Å². The monoisotopic (exact) mass is 204 g/mol. The van der Waals surface area contributed by atoms with E-state index in [0.717, 1.165) is 0 Å². The Balaban J connectivity index is 4.13. The lowest BCUT2D eigenvalue weighted by Crippen LogP contribution is -2.12. The van der Waals surface area contributed by atoms with Gasteiger partial charge in [0, 0.05) is 0 Å². The Labute approximate surface area is 65.3 Å². The first-order chi connectivity index (χ1) is 4.77. The van der Waals surface area contributed by atoms with E-state index in [9.17, 15) is 16.8 Å². The van der Waals surface area contributed by atoms with Gasteiger partial charge in [-0.05, 0) is 6.92 Å². The summed E-state index contributed by atoms with van der Waals surface area (Å²) in [5.74, 6) is -0.345. The Hall–Kier alpha value is -0.180. The van der Waals surface area contributed by atoms with Crippen LogP contribution in [0.5, 0.6) is 0 Å². The van der Waals surface area contributed by atoms with Crippen molar-refractivity contribution in [3.63, 3.8) is 0 Å². The SMILES string of the molecule is CCS(=O)(=O)OOS(C)(=O)=O. The fourth-order valence-corrected chi connectivity index (χ4v) is 0.979. The molecule has 0 aliphatic carbocycles. The minimum atomic E-state index is -3.87. The number of rotatable bonds is 4. The molecule has 0 amide bonds. The average Bonchev–Trinajstić information content (AvgIpc) is 1.83. The Morgan fingerprint density at radius 3 is 1.82 bits per heavy atom. The lowest BCUT2D eigenvalue weighted by molar-refractivity contribution is -0.0839. The normalized spacial score (nSPS) is 13.3. The average molecular weight is 204 g/mol. The van der Waals surface area contributed by atoms with Crippen molar-refractivity contribution in [2.45, 2.75) is 6.92 Å². The fraction of sp³-hybridized carbons (Fsp3) is 1.00. The summed E-state index contributed by atoms with van der Waals surface area (Å²) in [4.78, 5) is 0. The van der Waals surface area contributed by atoms with Gasteiger partial charge in [-0.2, -0.15) is 16.8 Å². The largest absolute Gasteiger partial charge is 0.294 e. The highest BCUT2D eigenvalue weighted by molar-refractivity contribution is 7.88. The molecule has 0 fully saturated rings. The molecular formula is C3H8O6S2. The molecule has 0 unspecified atom stereocenters. The van der Waals surface area contributed by atoms with Crippen LogP contribution in [-0.4, -0.2) is 28.8 Å². The molecular weight excluding hydrogens is 196 g/mol. The third-order valence-electron chi connectivity index (χ3n) is 0.609. The standard InChI is InChI=1S/C3H8O6S2/c1-3-11(6,7)9-8-10(2,4)5/h3H2,1-2H3. The molecule has 11 heavy (non-hydrogen) atoms. The molecule has 6 nitrogen and oxygen atoms in total. The topological polar surface area (TPSA) is 86.7 Å². The molecule has 68 valence electrons. The molecule has 0 spiro atoms. The van der Waals surface area contributed by atoms with Crippen LogP contribution in [0.3, 0.4) is 0 Å². The predicted octanol–water partition coefficient (Wildman–Crippen LogP) is -0.756. The van der Waals surface area contributed by atoms with E-state index in [-0.39, 0.29) is 5.75 Å². The summed E-state index contributed by atoms with van der Waals surface area (Å²) < 4.78 is 48.4. The zero-order valence-electron chi connectivity index (χ0n) is 5.97. The zero-order chi connectivity index (χ0) is 9.12. The predicted molar refractivity (Wildman–Crippen MR) is 36.5 cm³/mol. The van der Waals surface area contributed by atoms with E-state index in [1.54, 1.807) is 0 Å². The highest BCUT2D eigenvalue weighted by Crippen LogP contribution is 1.96. The van der Waals surface area contributed by atoms with Crippen LogP contribution in [0.25, 0.3) is 0 Å². The van der Waals surface area contributed by atoms with Crippen molar-refractivity contribution in [1.82, 2.24) is 0 Å². The Morgan fingerprint density at radius 2 is 1.55 bits per heavy atom. The summed E-state index contributed by atoms with van der Waals surface area (Å²) in [5, 5.41) is 0. The van der Waals surface area contributed by atoms with E-state index < -0.39 is 20.2 Å². The van der Waals surface area contributed by atoms with E-state index in [1.807, 2.05) is 0 Å². The second-order valence-corrected chi connectivity index (χ2v) is 5.06. The van der Waals surface area contributed by atoms with Crippen LogP contribution in [0.4, 0.5) is 0 Å². The molecule has 0 aromatic rings. The van der Waals surface area contributed by atoms with Gasteiger partial charge in [-0.25, -0.2) is 0 Å². The van der Waals surface area contributed by atoms with Gasteiger partial charge >= 0.3 is 0 Å². The smallest absolute Gasteiger partial charge is 0.197 e. The molecule has 0 bridgehead atoms. The molecule has 8 heteroatoms. The molecule has 0 aromatic carbocycles. The molecule has 0 saturated heterocycles. The van der Waals surface area contributed by atoms with Gasteiger partial charge in [0.15, 0.2) is 0 Å². The second kappa shape index (κ2) is 3.48. The quantitative estimate of drug-likeness (QED) is 0.442. The van der Waals surface area contributed by atoms with E-state index >= 15 is 0 Å². The molecule has 0 saturated carbocycles. The molecule has 0 radical (unpaired) electrons. The van der Waals surface area contributed by atoms with E-state index in [1.165, 1.54) is 6.92 Å². The van der Waals surface area contributed by atoms with Gasteiger partial charge in [0.2, 0.25) is 0 Å². The zero-order valence-corrected chi connectivity index (χ0v) is 7.61. The third-order valence-corrected chi connectivity index (χ3v) is 1.99. The summed E-state index contributed by atoms with van der Waals surface area (Å²) in [7, 11) is -7.72. The first kappa shape index (κ1) is 10.8. The van der Waals surface area contributed by atoms with Crippen LogP contribution in [0, 0.1) is 0 Å². The maximum atomic E-state index is 10.4. The van der Waals surface area contributed by atoms with Gasteiger partial charge in [0.05, 0.1) is 12.0 Å². The van der Waals surface area contributed by atoms with Crippen LogP contribution >= 0.6 is 0 Å². The highest BCUT2D eigenvalue weighted by atomic mass is 32.2. The van der Waals surface area contributed by atoms with E-state index in [4.69, 9.17) is 0 Å². The van der Waals surface area contributed by atoms with Crippen molar-refractivity contribution in [3.05, 3.63) is 0 Å². The molecule has 0 atom stereocenters. The highest BCUT2D eigenvalue weighted by Gasteiger charge is 2.13. The summed E-state index contributed by atoms with van der Waals surface area (Å²) in [5.41, 5.74) is 0. The maximum Gasteiger partial charge on any atom is 0.294 e. The fourth-order valence-electron chi connectivity index (χ4n) is 0.141. The first-order valence-electron chi connectivity index (χ1n) is 2.57. The lowest BCUT2D eigenvalue weighted by Gasteiger charge is -1.98. The van der Waals surface area contributed by atoms with E-state index in [0.29, 0.717) is 6.26 Å². The summed E-state index contributed by atoms with van der Waals surface area (Å²) in [6, 6.07) is 0. The van der Waals surface area contributed by atoms with Crippen molar-refractivity contribution in [1.29, 1.82) is 0 Å². The van der Waals surface area contributed by atoms with Crippen molar-refractivity contribution in [2.75, 3.05) is 12.0 Å². The van der Waals surface area contributed by atoms with Gasteiger partial charge in [-0.1, -0.05) is 8.67 Å². The molecule has 0 aromatic heterocycles. The van der Waals surface area contributed by atoms with Crippen LogP contribution < -0.4 is 0 Å². The van der Waals surface area contributed by atoms with Crippen molar-refractivity contribution in [3.8, 4) is 0 Å². The minimum Gasteiger partial charge on any atom is -0.197 e. The molecule has 0 aliphatic rings. The lowest BCUT2D eigenvalue weighted by atomic mass is 11.0. The number of hydrogen-bond acceptors (Lipinski definition) is 6. The molecule has 0 N–H and O–H groups in total. The van der Waals surface area contributed by atoms with Crippen molar-refractivity contribution < 1.29 is 25.5 Å². The molecule has 0 heterocycles. The maximum absolute atomic E-state index is 10.4. The Kier molecular flexibility index (Phi) is 3.42. The summed E-state index contributed by atoms with van der Waals surface area (Å²) >= 11 is 0. The molecule has 0 rings (SSSR count). The summed E-state index contributed by atoms with van der Waals surface area (Å²) in [6.45, 7) is 1.29. The van der Waals surface area contributed by atoms with E-state index in [2.05, 4.69) is 8.67 Å². The second-order valence-electron chi connectivity index (χ2n) is 1.69. The Morgan fingerprint density at radius 1 is 1.09 bits per heavy atom. The summed E-state index contributed by atoms with van der Waals surface area (Å²) in [6.07, 6.45) is 0.679.